The zero-order chi connectivity index (χ0) is 21.6. The molecular formula is C24H44N2O4. The summed E-state index contributed by atoms with van der Waals surface area (Å²) in [6.07, 6.45) is 12.9. The number of carbonyl (C=O) groups excluding carboxylic acids is 1. The van der Waals surface area contributed by atoms with Gasteiger partial charge in [-0.2, -0.15) is 0 Å². The van der Waals surface area contributed by atoms with Crippen LogP contribution in [0.5, 0.6) is 0 Å². The van der Waals surface area contributed by atoms with Gasteiger partial charge in [-0.1, -0.05) is 33.1 Å². The van der Waals surface area contributed by atoms with Crippen molar-refractivity contribution in [2.75, 3.05) is 33.2 Å². The summed E-state index contributed by atoms with van der Waals surface area (Å²) in [4.78, 5) is 25.7. The van der Waals surface area contributed by atoms with E-state index in [2.05, 4.69) is 25.8 Å². The van der Waals surface area contributed by atoms with Crippen LogP contribution in [0.1, 0.15) is 78.1 Å². The maximum Gasteiger partial charge on any atom is 0.209 e. The summed E-state index contributed by atoms with van der Waals surface area (Å²) < 4.78 is 0. The van der Waals surface area contributed by atoms with Crippen LogP contribution in [0.2, 0.25) is 0 Å². The quantitative estimate of drug-likeness (QED) is 0.315. The van der Waals surface area contributed by atoms with Crippen molar-refractivity contribution in [1.29, 1.82) is 0 Å². The third-order valence-corrected chi connectivity index (χ3v) is 8.14. The second-order valence-electron chi connectivity index (χ2n) is 10.3. The molecule has 1 N–H and O–H groups in total. The van der Waals surface area contributed by atoms with Gasteiger partial charge in [-0.15, -0.1) is 0 Å². The summed E-state index contributed by atoms with van der Waals surface area (Å²) in [5, 5.41) is 11.0. The molecule has 0 aromatic carbocycles. The molecule has 4 unspecified atom stereocenters. The number of fused-ring (bicyclic) bond motifs is 2. The van der Waals surface area contributed by atoms with E-state index in [0.29, 0.717) is 0 Å². The van der Waals surface area contributed by atoms with E-state index in [1.807, 2.05) is 0 Å². The summed E-state index contributed by atoms with van der Waals surface area (Å²) in [7, 11) is 2.07. The molecule has 30 heavy (non-hydrogen) atoms. The molecule has 2 bridgehead atoms. The molecule has 1 amide bonds. The third kappa shape index (κ3) is 6.18. The highest BCUT2D eigenvalue weighted by Crippen LogP contribution is 2.49. The average Bonchev–Trinajstić information content (AvgIpc) is 2.78. The number of carbonyl (C=O) groups is 1. The van der Waals surface area contributed by atoms with Crippen LogP contribution in [-0.4, -0.2) is 66.4 Å². The summed E-state index contributed by atoms with van der Waals surface area (Å²) in [5.41, 5.74) is 0. The van der Waals surface area contributed by atoms with Gasteiger partial charge in [0.15, 0.2) is 0 Å². The van der Waals surface area contributed by atoms with Gasteiger partial charge in [-0.25, -0.2) is 9.78 Å². The molecule has 3 aliphatic carbocycles. The van der Waals surface area contributed by atoms with E-state index in [4.69, 9.17) is 9.78 Å². The molecule has 1 aliphatic heterocycles. The molecule has 0 aromatic heterocycles. The molecule has 4 fully saturated rings. The Hall–Kier alpha value is -0.690. The van der Waals surface area contributed by atoms with Crippen molar-refractivity contribution in [2.45, 2.75) is 89.9 Å². The number of hydrogen-bond donors (Lipinski definition) is 1. The first-order valence-electron chi connectivity index (χ1n) is 12.4. The van der Waals surface area contributed by atoms with Gasteiger partial charge in [0.1, 0.15) is 0 Å². The Labute approximate surface area is 183 Å². The minimum Gasteiger partial charge on any atom is -0.363 e. The van der Waals surface area contributed by atoms with Crippen molar-refractivity contribution >= 4 is 6.41 Å². The Balaban J connectivity index is 0.000000239. The van der Waals surface area contributed by atoms with E-state index >= 15 is 0 Å². The lowest BCUT2D eigenvalue weighted by Crippen LogP contribution is -2.53. The molecular weight excluding hydrogens is 380 g/mol. The second kappa shape index (κ2) is 11.3. The van der Waals surface area contributed by atoms with Gasteiger partial charge in [0.05, 0.1) is 6.10 Å². The molecule has 4 aliphatic rings. The smallest absolute Gasteiger partial charge is 0.209 e. The first-order chi connectivity index (χ1) is 14.4. The number of likely N-dealkylation sites (N-methyl/N-ethyl adjacent to an activating group) is 1. The van der Waals surface area contributed by atoms with E-state index in [0.717, 1.165) is 76.5 Å². The van der Waals surface area contributed by atoms with Gasteiger partial charge >= 0.3 is 0 Å². The predicted octanol–water partition coefficient (Wildman–Crippen LogP) is 3.83. The fraction of sp³-hybridized carbons (Fsp3) is 0.958. The number of hydrogen-bond acceptors (Lipinski definition) is 5. The minimum absolute atomic E-state index is 0.185. The Kier molecular flexibility index (Phi) is 8.99. The Morgan fingerprint density at radius 2 is 1.73 bits per heavy atom. The SMILES string of the molecule is CCC1CCC(OOC2(O)C(C)CC3CCCC2C3)CC1.CN1CCN(C=O)CC1. The fourth-order valence-electron chi connectivity index (χ4n) is 5.81. The van der Waals surface area contributed by atoms with Crippen LogP contribution >= 0.6 is 0 Å². The van der Waals surface area contributed by atoms with Crippen LogP contribution in [0.15, 0.2) is 0 Å². The van der Waals surface area contributed by atoms with Crippen LogP contribution in [0, 0.1) is 23.7 Å². The summed E-state index contributed by atoms with van der Waals surface area (Å²) in [5.74, 6) is 1.07. The largest absolute Gasteiger partial charge is 0.363 e. The first kappa shape index (κ1) is 24.0. The summed E-state index contributed by atoms with van der Waals surface area (Å²) >= 11 is 0. The average molecular weight is 425 g/mol. The highest BCUT2D eigenvalue weighted by molar-refractivity contribution is 5.47. The van der Waals surface area contributed by atoms with E-state index in [1.54, 1.807) is 4.90 Å². The normalized spacial score (nSPS) is 39.7. The lowest BCUT2D eigenvalue weighted by Gasteiger charge is -2.48. The Morgan fingerprint density at radius 3 is 2.37 bits per heavy atom. The van der Waals surface area contributed by atoms with Gasteiger partial charge < -0.3 is 14.9 Å². The lowest BCUT2D eigenvalue weighted by molar-refractivity contribution is -0.472. The maximum absolute atomic E-state index is 11.0. The molecule has 6 nitrogen and oxygen atoms in total. The van der Waals surface area contributed by atoms with Crippen LogP contribution in [0.25, 0.3) is 0 Å². The zero-order valence-electron chi connectivity index (χ0n) is 19.4. The molecule has 4 atom stereocenters. The van der Waals surface area contributed by atoms with Crippen LogP contribution in [-0.2, 0) is 14.6 Å². The van der Waals surface area contributed by atoms with Gasteiger partial charge in [0, 0.05) is 38.0 Å². The number of amides is 1. The predicted molar refractivity (Wildman–Crippen MR) is 118 cm³/mol. The van der Waals surface area contributed by atoms with Gasteiger partial charge in [0.25, 0.3) is 0 Å². The van der Waals surface area contributed by atoms with Gasteiger partial charge in [-0.05, 0) is 63.8 Å². The minimum atomic E-state index is -1.04. The maximum atomic E-state index is 11.0. The highest BCUT2D eigenvalue weighted by atomic mass is 17.2. The lowest BCUT2D eigenvalue weighted by atomic mass is 9.65. The first-order valence-corrected chi connectivity index (χ1v) is 12.4. The Bertz CT molecular complexity index is 515. The molecule has 4 rings (SSSR count). The molecule has 0 radical (unpaired) electrons. The molecule has 6 heteroatoms. The van der Waals surface area contributed by atoms with Crippen molar-refractivity contribution in [3.63, 3.8) is 0 Å². The molecule has 1 saturated heterocycles. The zero-order valence-corrected chi connectivity index (χ0v) is 19.4. The summed E-state index contributed by atoms with van der Waals surface area (Å²) in [6.45, 7) is 8.20. The molecule has 0 spiro atoms. The number of piperazine rings is 1. The molecule has 1 heterocycles. The standard InChI is InChI=1S/C18H32O3.C6H12N2O/c1-3-14-7-9-17(10-8-14)20-21-18(19)13(2)11-15-5-4-6-16(18)12-15;1-7-2-4-8(6-9)5-3-7/h13-17,19H,3-12H2,1-2H3;6H,2-5H2,1H3. The van der Waals surface area contributed by atoms with Crippen LogP contribution in [0.4, 0.5) is 0 Å². The third-order valence-electron chi connectivity index (χ3n) is 8.14. The molecule has 3 saturated carbocycles. The fourth-order valence-corrected chi connectivity index (χ4v) is 5.81. The molecule has 0 aromatic rings. The van der Waals surface area contributed by atoms with Crippen LogP contribution < -0.4 is 0 Å². The van der Waals surface area contributed by atoms with Crippen molar-refractivity contribution in [3.8, 4) is 0 Å². The van der Waals surface area contributed by atoms with E-state index in [-0.39, 0.29) is 17.9 Å². The molecule has 174 valence electrons. The van der Waals surface area contributed by atoms with E-state index < -0.39 is 5.79 Å². The highest BCUT2D eigenvalue weighted by Gasteiger charge is 2.51. The Morgan fingerprint density at radius 1 is 1.03 bits per heavy atom. The van der Waals surface area contributed by atoms with E-state index in [1.165, 1.54) is 32.1 Å². The number of rotatable bonds is 5. The van der Waals surface area contributed by atoms with Crippen LogP contribution in [0.3, 0.4) is 0 Å². The summed E-state index contributed by atoms with van der Waals surface area (Å²) in [6, 6.07) is 0. The van der Waals surface area contributed by atoms with Crippen molar-refractivity contribution in [1.82, 2.24) is 9.80 Å². The van der Waals surface area contributed by atoms with Crippen molar-refractivity contribution < 1.29 is 19.7 Å². The monoisotopic (exact) mass is 424 g/mol. The van der Waals surface area contributed by atoms with Crippen molar-refractivity contribution in [3.05, 3.63) is 0 Å². The van der Waals surface area contributed by atoms with Crippen molar-refractivity contribution in [2.24, 2.45) is 23.7 Å². The van der Waals surface area contributed by atoms with E-state index in [9.17, 15) is 9.90 Å². The second-order valence-corrected chi connectivity index (χ2v) is 10.3. The van der Waals surface area contributed by atoms with Gasteiger partial charge in [-0.3, -0.25) is 4.79 Å². The number of nitrogens with zero attached hydrogens (tertiary/aromatic N) is 2. The van der Waals surface area contributed by atoms with Gasteiger partial charge in [0.2, 0.25) is 12.2 Å². The number of aliphatic hydroxyl groups is 1. The topological polar surface area (TPSA) is 62.2 Å².